The quantitative estimate of drug-likeness (QED) is 0.833. The molecule has 4 nitrogen and oxygen atoms in total. The predicted octanol–water partition coefficient (Wildman–Crippen LogP) is 3.14. The van der Waals surface area contributed by atoms with Crippen LogP contribution in [0.15, 0.2) is 36.4 Å². The van der Waals surface area contributed by atoms with Crippen LogP contribution in [0.5, 0.6) is 0 Å². The van der Waals surface area contributed by atoms with Crippen molar-refractivity contribution < 1.29 is 9.90 Å². The molecule has 0 fully saturated rings. The number of benzene rings is 2. The second-order valence-electron chi connectivity index (χ2n) is 4.83. The minimum atomic E-state index is -1.02. The number of carboxylic acids is 1. The normalized spacial score (nSPS) is 13.3. The Bertz CT molecular complexity index is 675. The van der Waals surface area contributed by atoms with Gasteiger partial charge in [0.2, 0.25) is 0 Å². The molecule has 0 bridgehead atoms. The van der Waals surface area contributed by atoms with E-state index in [0.29, 0.717) is 29.5 Å². The van der Waals surface area contributed by atoms with Crippen molar-refractivity contribution in [2.45, 2.75) is 13.1 Å². The van der Waals surface area contributed by atoms with Gasteiger partial charge in [-0.2, -0.15) is 0 Å². The molecule has 20 heavy (non-hydrogen) atoms. The van der Waals surface area contributed by atoms with Gasteiger partial charge in [0.15, 0.2) is 0 Å². The maximum atomic E-state index is 11.4. The number of hydrogen-bond acceptors (Lipinski definition) is 3. The van der Waals surface area contributed by atoms with E-state index < -0.39 is 5.97 Å². The zero-order chi connectivity index (χ0) is 14.3. The number of nitrogens with zero attached hydrogens (tertiary/aromatic N) is 1. The maximum absolute atomic E-state index is 11.4. The molecule has 0 unspecified atom stereocenters. The topological polar surface area (TPSA) is 66.6 Å². The molecule has 2 aromatic carbocycles. The van der Waals surface area contributed by atoms with Crippen LogP contribution in [0.2, 0.25) is 5.02 Å². The fraction of sp³-hybridized carbons (Fsp3) is 0.133. The Labute approximate surface area is 121 Å². The Morgan fingerprint density at radius 1 is 1.20 bits per heavy atom. The largest absolute Gasteiger partial charge is 0.478 e. The SMILES string of the molecule is Nc1cc(Cl)c(N2Cc3ccccc3C2)c(C(=O)O)c1. The van der Waals surface area contributed by atoms with E-state index in [1.54, 1.807) is 6.07 Å². The fourth-order valence-corrected chi connectivity index (χ4v) is 2.94. The van der Waals surface area contributed by atoms with E-state index in [4.69, 9.17) is 17.3 Å². The predicted molar refractivity (Wildman–Crippen MR) is 79.2 cm³/mol. The first kappa shape index (κ1) is 12.8. The van der Waals surface area contributed by atoms with Gasteiger partial charge in [-0.15, -0.1) is 0 Å². The molecule has 0 amide bonds. The van der Waals surface area contributed by atoms with Crippen molar-refractivity contribution in [2.24, 2.45) is 0 Å². The van der Waals surface area contributed by atoms with E-state index in [9.17, 15) is 9.90 Å². The molecule has 5 heteroatoms. The summed E-state index contributed by atoms with van der Waals surface area (Å²) >= 11 is 6.22. The van der Waals surface area contributed by atoms with E-state index in [1.807, 2.05) is 29.2 Å². The highest BCUT2D eigenvalue weighted by Gasteiger charge is 2.25. The number of aromatic carboxylic acids is 1. The van der Waals surface area contributed by atoms with Gasteiger partial charge in [0.05, 0.1) is 16.3 Å². The van der Waals surface area contributed by atoms with Crippen molar-refractivity contribution in [3.8, 4) is 0 Å². The van der Waals surface area contributed by atoms with Crippen LogP contribution in [0.4, 0.5) is 11.4 Å². The molecule has 2 aromatic rings. The molecule has 1 aliphatic heterocycles. The summed E-state index contributed by atoms with van der Waals surface area (Å²) in [5.41, 5.74) is 9.09. The summed E-state index contributed by atoms with van der Waals surface area (Å²) in [4.78, 5) is 13.4. The van der Waals surface area contributed by atoms with Crippen LogP contribution in [0.3, 0.4) is 0 Å². The van der Waals surface area contributed by atoms with Crippen molar-refractivity contribution in [3.05, 3.63) is 58.1 Å². The zero-order valence-corrected chi connectivity index (χ0v) is 11.4. The number of nitrogen functional groups attached to an aromatic ring is 1. The van der Waals surface area contributed by atoms with Gasteiger partial charge >= 0.3 is 5.97 Å². The summed E-state index contributed by atoms with van der Waals surface area (Å²) in [6.07, 6.45) is 0. The molecule has 0 saturated heterocycles. The van der Waals surface area contributed by atoms with Crippen molar-refractivity contribution >= 4 is 28.9 Å². The highest BCUT2D eigenvalue weighted by atomic mass is 35.5. The number of carboxylic acid groups (broad SMARTS) is 1. The average molecular weight is 289 g/mol. The Morgan fingerprint density at radius 2 is 1.80 bits per heavy atom. The van der Waals surface area contributed by atoms with Crippen molar-refractivity contribution in [1.29, 1.82) is 0 Å². The molecule has 0 radical (unpaired) electrons. The lowest BCUT2D eigenvalue weighted by atomic mass is 10.1. The molecule has 102 valence electrons. The monoisotopic (exact) mass is 288 g/mol. The van der Waals surface area contributed by atoms with Crippen molar-refractivity contribution in [2.75, 3.05) is 10.6 Å². The van der Waals surface area contributed by atoms with Crippen LogP contribution in [0.1, 0.15) is 21.5 Å². The van der Waals surface area contributed by atoms with Gasteiger partial charge in [-0.25, -0.2) is 4.79 Å². The smallest absolute Gasteiger partial charge is 0.337 e. The van der Waals surface area contributed by atoms with E-state index in [1.165, 1.54) is 17.2 Å². The Hall–Kier alpha value is -2.20. The summed E-state index contributed by atoms with van der Waals surface area (Å²) in [6, 6.07) is 11.1. The number of halogens is 1. The molecular weight excluding hydrogens is 276 g/mol. The molecule has 0 saturated carbocycles. The third-order valence-electron chi connectivity index (χ3n) is 3.47. The van der Waals surface area contributed by atoms with Crippen LogP contribution in [0, 0.1) is 0 Å². The number of hydrogen-bond donors (Lipinski definition) is 2. The molecule has 0 spiro atoms. The zero-order valence-electron chi connectivity index (χ0n) is 10.6. The molecule has 3 N–H and O–H groups in total. The minimum absolute atomic E-state index is 0.141. The molecule has 0 aromatic heterocycles. The first-order chi connectivity index (χ1) is 9.56. The van der Waals surface area contributed by atoms with Gasteiger partial charge in [0.25, 0.3) is 0 Å². The van der Waals surface area contributed by atoms with Crippen LogP contribution in [0.25, 0.3) is 0 Å². The van der Waals surface area contributed by atoms with Gasteiger partial charge in [-0.05, 0) is 23.3 Å². The molecule has 0 aliphatic carbocycles. The Balaban J connectivity index is 2.06. The third-order valence-corrected chi connectivity index (χ3v) is 3.76. The summed E-state index contributed by atoms with van der Waals surface area (Å²) in [5.74, 6) is -1.02. The number of anilines is 2. The van der Waals surface area contributed by atoms with Crippen molar-refractivity contribution in [3.63, 3.8) is 0 Å². The Kier molecular flexibility index (Phi) is 3.03. The highest BCUT2D eigenvalue weighted by molar-refractivity contribution is 6.34. The van der Waals surface area contributed by atoms with Crippen LogP contribution < -0.4 is 10.6 Å². The lowest BCUT2D eigenvalue weighted by Crippen LogP contribution is -2.19. The highest BCUT2D eigenvalue weighted by Crippen LogP contribution is 2.37. The molecule has 1 aliphatic rings. The average Bonchev–Trinajstić information content (AvgIpc) is 2.80. The minimum Gasteiger partial charge on any atom is -0.478 e. The molecule has 1 heterocycles. The van der Waals surface area contributed by atoms with Gasteiger partial charge in [0.1, 0.15) is 0 Å². The van der Waals surface area contributed by atoms with Crippen LogP contribution in [-0.4, -0.2) is 11.1 Å². The second-order valence-corrected chi connectivity index (χ2v) is 5.24. The van der Waals surface area contributed by atoms with Crippen LogP contribution >= 0.6 is 11.6 Å². The van der Waals surface area contributed by atoms with Gasteiger partial charge in [-0.3, -0.25) is 0 Å². The molecule has 0 atom stereocenters. The third kappa shape index (κ3) is 2.08. The first-order valence-electron chi connectivity index (χ1n) is 6.20. The van der Waals surface area contributed by atoms with E-state index >= 15 is 0 Å². The summed E-state index contributed by atoms with van der Waals surface area (Å²) in [5, 5.41) is 9.72. The number of rotatable bonds is 2. The first-order valence-corrected chi connectivity index (χ1v) is 6.58. The van der Waals surface area contributed by atoms with Gasteiger partial charge in [0, 0.05) is 18.8 Å². The fourth-order valence-electron chi connectivity index (χ4n) is 2.60. The molecule has 3 rings (SSSR count). The molecular formula is C15H13ClN2O2. The lowest BCUT2D eigenvalue weighted by Gasteiger charge is -2.22. The second kappa shape index (κ2) is 4.72. The number of carbonyl (C=O) groups is 1. The summed E-state index contributed by atoms with van der Waals surface area (Å²) in [6.45, 7) is 1.31. The summed E-state index contributed by atoms with van der Waals surface area (Å²) < 4.78 is 0. The lowest BCUT2D eigenvalue weighted by molar-refractivity contribution is 0.0697. The van der Waals surface area contributed by atoms with Crippen LogP contribution in [-0.2, 0) is 13.1 Å². The number of fused-ring (bicyclic) bond motifs is 1. The van der Waals surface area contributed by atoms with Gasteiger partial charge < -0.3 is 15.7 Å². The summed E-state index contributed by atoms with van der Waals surface area (Å²) in [7, 11) is 0. The van der Waals surface area contributed by atoms with E-state index in [2.05, 4.69) is 0 Å². The number of nitrogens with two attached hydrogens (primary N) is 1. The maximum Gasteiger partial charge on any atom is 0.337 e. The standard InChI is InChI=1S/C15H13ClN2O2/c16-13-6-11(17)5-12(15(19)20)14(13)18-7-9-3-1-2-4-10(9)8-18/h1-6H,7-8,17H2,(H,19,20). The Morgan fingerprint density at radius 3 is 2.35 bits per heavy atom. The van der Waals surface area contributed by atoms with E-state index in [0.717, 1.165) is 0 Å². The van der Waals surface area contributed by atoms with E-state index in [-0.39, 0.29) is 5.56 Å². The van der Waals surface area contributed by atoms with Gasteiger partial charge in [-0.1, -0.05) is 35.9 Å². The van der Waals surface area contributed by atoms with Crippen molar-refractivity contribution in [1.82, 2.24) is 0 Å².